The number of halogens is 3. The fourth-order valence-corrected chi connectivity index (χ4v) is 4.34. The zero-order chi connectivity index (χ0) is 21.9. The van der Waals surface area contributed by atoms with Crippen molar-refractivity contribution in [2.75, 3.05) is 25.1 Å². The summed E-state index contributed by atoms with van der Waals surface area (Å²) in [5.41, 5.74) is 0. The minimum atomic E-state index is -5.08. The van der Waals surface area contributed by atoms with Crippen molar-refractivity contribution in [1.29, 1.82) is 0 Å². The van der Waals surface area contributed by atoms with Crippen molar-refractivity contribution in [2.24, 2.45) is 0 Å². The van der Waals surface area contributed by atoms with Gasteiger partial charge in [0.2, 0.25) is 5.88 Å². The number of hydrogen-bond acceptors (Lipinski definition) is 7. The topological polar surface area (TPSA) is 95.9 Å². The van der Waals surface area contributed by atoms with E-state index in [1.807, 2.05) is 28.5 Å². The number of aliphatic carboxylic acids is 1. The Kier molecular flexibility index (Phi) is 6.44. The molecule has 4 rings (SSSR count). The van der Waals surface area contributed by atoms with Gasteiger partial charge in [-0.1, -0.05) is 6.07 Å². The lowest BCUT2D eigenvalue weighted by molar-refractivity contribution is -0.192. The zero-order valence-corrected chi connectivity index (χ0v) is 16.7. The highest BCUT2D eigenvalue weighted by molar-refractivity contribution is 7.12. The van der Waals surface area contributed by atoms with Crippen LogP contribution in [0, 0.1) is 0 Å². The average Bonchev–Trinajstić information content (AvgIpc) is 3.44. The van der Waals surface area contributed by atoms with Crippen molar-refractivity contribution in [2.45, 2.75) is 31.1 Å². The van der Waals surface area contributed by atoms with E-state index in [1.54, 1.807) is 7.11 Å². The minimum Gasteiger partial charge on any atom is -0.481 e. The summed E-state index contributed by atoms with van der Waals surface area (Å²) in [5, 5.41) is 9.08. The first kappa shape index (κ1) is 21.8. The molecule has 12 heteroatoms. The molecular weight excluding hydrogens is 425 g/mol. The molecule has 30 heavy (non-hydrogen) atoms. The second-order valence-electron chi connectivity index (χ2n) is 6.60. The maximum atomic E-state index is 12.7. The van der Waals surface area contributed by atoms with E-state index in [0.717, 1.165) is 36.6 Å². The number of hydrogen-bond donors (Lipinski definition) is 1. The lowest BCUT2D eigenvalue weighted by Gasteiger charge is -2.26. The maximum Gasteiger partial charge on any atom is 0.490 e. The van der Waals surface area contributed by atoms with Gasteiger partial charge in [-0.3, -0.25) is 4.79 Å². The van der Waals surface area contributed by atoms with Crippen LogP contribution < -0.4 is 9.64 Å². The Balaban J connectivity index is 0.000000318. The zero-order valence-electron chi connectivity index (χ0n) is 15.9. The molecule has 2 aromatic heterocycles. The van der Waals surface area contributed by atoms with Crippen molar-refractivity contribution in [3.05, 3.63) is 34.8 Å². The van der Waals surface area contributed by atoms with Crippen LogP contribution in [-0.4, -0.2) is 70.3 Å². The number of thiophene rings is 1. The number of nitrogens with zero attached hydrogens (tertiary/aromatic N) is 4. The van der Waals surface area contributed by atoms with Gasteiger partial charge in [0.15, 0.2) is 0 Å². The molecule has 2 aromatic rings. The highest BCUT2D eigenvalue weighted by Crippen LogP contribution is 2.36. The van der Waals surface area contributed by atoms with Crippen LogP contribution in [0.1, 0.15) is 22.5 Å². The highest BCUT2D eigenvalue weighted by atomic mass is 32.1. The predicted octanol–water partition coefficient (Wildman–Crippen LogP) is 2.67. The standard InChI is InChI=1S/C16H18N4O2S.C2HF3O2/c1-22-15-9-14(17-10-18-15)19-6-4-12-11(19)5-7-20(12)16(21)13-3-2-8-23-13;3-2(4,5)1(6)7/h2-3,8-12H,4-7H2,1H3;(H,6,7)/t11-,12+;/m0./s1. The molecule has 1 amide bonds. The number of carboxylic acid groups (broad SMARTS) is 1. The summed E-state index contributed by atoms with van der Waals surface area (Å²) in [6.07, 6.45) is -1.59. The molecule has 0 spiro atoms. The average molecular weight is 444 g/mol. The van der Waals surface area contributed by atoms with Crippen LogP contribution >= 0.6 is 11.3 Å². The number of rotatable bonds is 3. The maximum absolute atomic E-state index is 12.7. The SMILES string of the molecule is COc1cc(N2CC[C@@H]3[C@@H]2CCN3C(=O)c2cccs2)ncn1.O=C(O)C(F)(F)F. The summed E-state index contributed by atoms with van der Waals surface area (Å²) in [5.74, 6) is -1.14. The van der Waals surface area contributed by atoms with Crippen LogP contribution in [0.25, 0.3) is 0 Å². The highest BCUT2D eigenvalue weighted by Gasteiger charge is 2.45. The number of ether oxygens (including phenoxy) is 1. The van der Waals surface area contributed by atoms with Crippen molar-refractivity contribution in [3.8, 4) is 5.88 Å². The number of carbonyl (C=O) groups excluding carboxylic acids is 1. The first-order chi connectivity index (χ1) is 14.2. The number of amides is 1. The molecule has 0 unspecified atom stereocenters. The third-order valence-electron chi connectivity index (χ3n) is 4.94. The van der Waals surface area contributed by atoms with Crippen LogP contribution in [0.4, 0.5) is 19.0 Å². The smallest absolute Gasteiger partial charge is 0.481 e. The molecule has 2 fully saturated rings. The van der Waals surface area contributed by atoms with Crippen LogP contribution in [0.15, 0.2) is 29.9 Å². The Morgan fingerprint density at radius 2 is 1.93 bits per heavy atom. The first-order valence-corrected chi connectivity index (χ1v) is 9.87. The fraction of sp³-hybridized carbons (Fsp3) is 0.444. The number of carboxylic acids is 1. The summed E-state index contributed by atoms with van der Waals surface area (Å²) < 4.78 is 36.9. The van der Waals surface area contributed by atoms with Gasteiger partial charge in [-0.25, -0.2) is 14.8 Å². The van der Waals surface area contributed by atoms with Gasteiger partial charge in [0.05, 0.1) is 24.1 Å². The van der Waals surface area contributed by atoms with Crippen molar-refractivity contribution < 1.29 is 32.6 Å². The van der Waals surface area contributed by atoms with Crippen molar-refractivity contribution >= 4 is 29.0 Å². The Hall–Kier alpha value is -2.89. The Bertz CT molecular complexity index is 894. The Morgan fingerprint density at radius 3 is 2.53 bits per heavy atom. The molecule has 0 bridgehead atoms. The number of aromatic nitrogens is 2. The minimum absolute atomic E-state index is 0.162. The predicted molar refractivity (Wildman–Crippen MR) is 102 cm³/mol. The third kappa shape index (κ3) is 4.64. The molecule has 2 atom stereocenters. The van der Waals surface area contributed by atoms with Gasteiger partial charge < -0.3 is 19.6 Å². The summed E-state index contributed by atoms with van der Waals surface area (Å²) in [6, 6.07) is 6.30. The van der Waals surface area contributed by atoms with Gasteiger partial charge in [-0.15, -0.1) is 11.3 Å². The molecule has 1 N–H and O–H groups in total. The van der Waals surface area contributed by atoms with E-state index >= 15 is 0 Å². The molecule has 2 saturated heterocycles. The second kappa shape index (κ2) is 8.86. The Morgan fingerprint density at radius 1 is 1.23 bits per heavy atom. The van der Waals surface area contributed by atoms with Crippen molar-refractivity contribution in [3.63, 3.8) is 0 Å². The molecule has 0 radical (unpaired) electrons. The number of alkyl halides is 3. The van der Waals surface area contributed by atoms with E-state index in [1.165, 1.54) is 17.7 Å². The quantitative estimate of drug-likeness (QED) is 0.778. The molecule has 2 aliphatic heterocycles. The molecule has 2 aliphatic rings. The van der Waals surface area contributed by atoms with Gasteiger partial charge in [0.1, 0.15) is 12.1 Å². The second-order valence-corrected chi connectivity index (χ2v) is 7.55. The van der Waals surface area contributed by atoms with E-state index in [9.17, 15) is 18.0 Å². The first-order valence-electron chi connectivity index (χ1n) is 8.99. The van der Waals surface area contributed by atoms with E-state index in [2.05, 4.69) is 14.9 Å². The number of fused-ring (bicyclic) bond motifs is 1. The van der Waals surface area contributed by atoms with E-state index in [-0.39, 0.29) is 11.9 Å². The van der Waals surface area contributed by atoms with Crippen LogP contribution in [-0.2, 0) is 4.79 Å². The van der Waals surface area contributed by atoms with Gasteiger partial charge in [-0.2, -0.15) is 13.2 Å². The van der Waals surface area contributed by atoms with Gasteiger partial charge in [0.25, 0.3) is 5.91 Å². The normalized spacial score (nSPS) is 20.4. The number of methoxy groups -OCH3 is 1. The summed E-state index contributed by atoms with van der Waals surface area (Å²) in [4.78, 5) is 35.2. The van der Waals surface area contributed by atoms with Crippen LogP contribution in [0.2, 0.25) is 0 Å². The number of carbonyl (C=O) groups is 2. The van der Waals surface area contributed by atoms with Gasteiger partial charge >= 0.3 is 12.1 Å². The molecule has 8 nitrogen and oxygen atoms in total. The summed E-state index contributed by atoms with van der Waals surface area (Å²) in [7, 11) is 1.61. The van der Waals surface area contributed by atoms with E-state index in [0.29, 0.717) is 11.9 Å². The summed E-state index contributed by atoms with van der Waals surface area (Å²) >= 11 is 1.51. The molecule has 0 aromatic carbocycles. The third-order valence-corrected chi connectivity index (χ3v) is 5.80. The Labute approximate surface area is 173 Å². The molecule has 162 valence electrons. The number of likely N-dealkylation sites (tertiary alicyclic amines) is 1. The molecular formula is C18H19F3N4O4S. The molecule has 4 heterocycles. The van der Waals surface area contributed by atoms with Gasteiger partial charge in [0, 0.05) is 19.2 Å². The fourth-order valence-electron chi connectivity index (χ4n) is 3.66. The lowest BCUT2D eigenvalue weighted by atomic mass is 10.1. The molecule has 0 aliphatic carbocycles. The number of anilines is 1. The summed E-state index contributed by atoms with van der Waals surface area (Å²) in [6.45, 7) is 1.72. The van der Waals surface area contributed by atoms with Gasteiger partial charge in [-0.05, 0) is 24.3 Å². The van der Waals surface area contributed by atoms with Crippen LogP contribution in [0.3, 0.4) is 0 Å². The van der Waals surface area contributed by atoms with E-state index in [4.69, 9.17) is 14.6 Å². The lowest BCUT2D eigenvalue weighted by Crippen LogP contribution is -2.39. The van der Waals surface area contributed by atoms with Crippen molar-refractivity contribution in [1.82, 2.24) is 14.9 Å². The van der Waals surface area contributed by atoms with E-state index < -0.39 is 12.1 Å². The monoisotopic (exact) mass is 444 g/mol. The van der Waals surface area contributed by atoms with Crippen LogP contribution in [0.5, 0.6) is 5.88 Å². The largest absolute Gasteiger partial charge is 0.490 e. The molecule has 0 saturated carbocycles.